The fourth-order valence-electron chi connectivity index (χ4n) is 4.23. The number of nitrogens with one attached hydrogen (secondary N) is 1. The molecule has 0 bridgehead atoms. The molecule has 6 nitrogen and oxygen atoms in total. The molecule has 8 heteroatoms. The number of H-pyrrole nitrogens is 1. The van der Waals surface area contributed by atoms with Gasteiger partial charge in [0.25, 0.3) is 0 Å². The largest absolute Gasteiger partial charge is 0.486 e. The van der Waals surface area contributed by atoms with Crippen LogP contribution in [0.1, 0.15) is 44.3 Å². The van der Waals surface area contributed by atoms with Gasteiger partial charge in [0.1, 0.15) is 12.4 Å². The van der Waals surface area contributed by atoms with Crippen LogP contribution in [-0.2, 0) is 11.4 Å². The van der Waals surface area contributed by atoms with E-state index in [1.165, 1.54) is 37.4 Å². The predicted molar refractivity (Wildman–Crippen MR) is 110 cm³/mol. The second kappa shape index (κ2) is 9.18. The zero-order chi connectivity index (χ0) is 19.3. The molecule has 1 aliphatic heterocycles. The van der Waals surface area contributed by atoms with E-state index >= 15 is 0 Å². The van der Waals surface area contributed by atoms with E-state index in [2.05, 4.69) is 20.1 Å². The number of hydrogen-bond acceptors (Lipinski definition) is 5. The van der Waals surface area contributed by atoms with Crippen LogP contribution >= 0.6 is 23.4 Å². The molecule has 1 N–H and O–H groups in total. The second-order valence-corrected chi connectivity index (χ2v) is 8.82. The van der Waals surface area contributed by atoms with Crippen molar-refractivity contribution in [3.05, 3.63) is 35.1 Å². The van der Waals surface area contributed by atoms with E-state index in [-0.39, 0.29) is 5.91 Å². The molecule has 2 unspecified atom stereocenters. The van der Waals surface area contributed by atoms with Crippen molar-refractivity contribution < 1.29 is 9.53 Å². The SMILES string of the molecule is O=C(CSc1n[nH]c(COc2ccc(Cl)cc2)n1)N1CCCC2CCCCC21. The molecule has 1 aromatic heterocycles. The summed E-state index contributed by atoms with van der Waals surface area (Å²) in [6.07, 6.45) is 7.41. The van der Waals surface area contributed by atoms with Gasteiger partial charge in [0.15, 0.2) is 5.82 Å². The summed E-state index contributed by atoms with van der Waals surface area (Å²) in [6, 6.07) is 7.63. The summed E-state index contributed by atoms with van der Waals surface area (Å²) in [7, 11) is 0. The summed E-state index contributed by atoms with van der Waals surface area (Å²) in [4.78, 5) is 19.3. The van der Waals surface area contributed by atoms with Gasteiger partial charge in [0, 0.05) is 17.6 Å². The Labute approximate surface area is 174 Å². The number of thioether (sulfide) groups is 1. The monoisotopic (exact) mass is 420 g/mol. The summed E-state index contributed by atoms with van der Waals surface area (Å²) in [6.45, 7) is 1.19. The number of likely N-dealkylation sites (tertiary alicyclic amines) is 1. The molecule has 2 fully saturated rings. The molecule has 1 aliphatic carbocycles. The minimum absolute atomic E-state index is 0.213. The molecule has 1 aromatic carbocycles. The van der Waals surface area contributed by atoms with Crippen molar-refractivity contribution in [1.29, 1.82) is 0 Å². The molecule has 1 saturated carbocycles. The van der Waals surface area contributed by atoms with Crippen molar-refractivity contribution in [3.8, 4) is 5.75 Å². The Hall–Kier alpha value is -1.73. The zero-order valence-corrected chi connectivity index (χ0v) is 17.3. The van der Waals surface area contributed by atoms with Crippen molar-refractivity contribution in [2.75, 3.05) is 12.3 Å². The van der Waals surface area contributed by atoms with Gasteiger partial charge in [-0.15, -0.1) is 5.10 Å². The molecule has 1 saturated heterocycles. The van der Waals surface area contributed by atoms with Crippen molar-refractivity contribution in [2.45, 2.75) is 56.3 Å². The summed E-state index contributed by atoms with van der Waals surface area (Å²) in [5.41, 5.74) is 0. The van der Waals surface area contributed by atoms with Crippen LogP contribution in [0.15, 0.2) is 29.4 Å². The van der Waals surface area contributed by atoms with Crippen molar-refractivity contribution >= 4 is 29.3 Å². The van der Waals surface area contributed by atoms with Crippen LogP contribution in [-0.4, -0.2) is 44.3 Å². The maximum atomic E-state index is 12.8. The predicted octanol–water partition coefficient (Wildman–Crippen LogP) is 4.31. The number of nitrogens with zero attached hydrogens (tertiary/aromatic N) is 3. The number of fused-ring (bicyclic) bond motifs is 1. The van der Waals surface area contributed by atoms with Crippen molar-refractivity contribution in [1.82, 2.24) is 20.1 Å². The third-order valence-corrected chi connectivity index (χ3v) is 6.67. The van der Waals surface area contributed by atoms with Gasteiger partial charge in [-0.2, -0.15) is 0 Å². The standard InChI is InChI=1S/C20H25ClN4O2S/c21-15-7-9-16(10-8-15)27-12-18-22-20(24-23-18)28-13-19(26)25-11-3-5-14-4-1-2-6-17(14)25/h7-10,14,17H,1-6,11-13H2,(H,22,23,24). The highest BCUT2D eigenvalue weighted by molar-refractivity contribution is 7.99. The van der Waals surface area contributed by atoms with Crippen LogP contribution in [0.3, 0.4) is 0 Å². The van der Waals surface area contributed by atoms with E-state index in [9.17, 15) is 4.79 Å². The van der Waals surface area contributed by atoms with Gasteiger partial charge in [-0.1, -0.05) is 36.2 Å². The number of rotatable bonds is 6. The highest BCUT2D eigenvalue weighted by Crippen LogP contribution is 2.35. The number of carbonyl (C=O) groups excluding carboxylic acids is 1. The second-order valence-electron chi connectivity index (χ2n) is 7.44. The Bertz CT molecular complexity index is 796. The quantitative estimate of drug-likeness (QED) is 0.705. The first-order valence-electron chi connectivity index (χ1n) is 9.91. The summed E-state index contributed by atoms with van der Waals surface area (Å²) < 4.78 is 5.66. The highest BCUT2D eigenvalue weighted by atomic mass is 35.5. The molecular formula is C20H25ClN4O2S. The van der Waals surface area contributed by atoms with Gasteiger partial charge in [-0.05, 0) is 55.9 Å². The molecule has 2 aromatic rings. The molecule has 28 heavy (non-hydrogen) atoms. The summed E-state index contributed by atoms with van der Waals surface area (Å²) in [5.74, 6) is 2.66. The molecular weight excluding hydrogens is 396 g/mol. The molecule has 2 aliphatic rings. The fraction of sp³-hybridized carbons (Fsp3) is 0.550. The van der Waals surface area contributed by atoms with E-state index in [1.807, 2.05) is 12.1 Å². The van der Waals surface area contributed by atoms with E-state index in [4.69, 9.17) is 16.3 Å². The lowest BCUT2D eigenvalue weighted by molar-refractivity contribution is -0.134. The Morgan fingerprint density at radius 2 is 2.00 bits per heavy atom. The lowest BCUT2D eigenvalue weighted by Gasteiger charge is -2.44. The van der Waals surface area contributed by atoms with Crippen LogP contribution in [0.5, 0.6) is 5.75 Å². The molecule has 2 atom stereocenters. The van der Waals surface area contributed by atoms with Gasteiger partial charge in [0.2, 0.25) is 11.1 Å². The lowest BCUT2D eigenvalue weighted by Crippen LogP contribution is -2.50. The minimum Gasteiger partial charge on any atom is -0.486 e. The normalized spacial score (nSPS) is 22.0. The minimum atomic E-state index is 0.213. The molecule has 0 spiro atoms. The number of aromatic amines is 1. The summed E-state index contributed by atoms with van der Waals surface area (Å²) in [5, 5.41) is 8.33. The van der Waals surface area contributed by atoms with Crippen molar-refractivity contribution in [3.63, 3.8) is 0 Å². The average Bonchev–Trinajstić information content (AvgIpc) is 3.19. The number of hydrogen-bond donors (Lipinski definition) is 1. The number of carbonyl (C=O) groups is 1. The Morgan fingerprint density at radius 1 is 1.21 bits per heavy atom. The Morgan fingerprint density at radius 3 is 2.86 bits per heavy atom. The van der Waals surface area contributed by atoms with Crippen LogP contribution in [0.4, 0.5) is 0 Å². The first-order chi connectivity index (χ1) is 13.7. The lowest BCUT2D eigenvalue weighted by atomic mass is 9.78. The zero-order valence-electron chi connectivity index (χ0n) is 15.8. The molecule has 150 valence electrons. The third kappa shape index (κ3) is 4.81. The Balaban J connectivity index is 1.27. The molecule has 1 amide bonds. The van der Waals surface area contributed by atoms with Gasteiger partial charge in [-0.25, -0.2) is 4.98 Å². The average molecular weight is 421 g/mol. The van der Waals surface area contributed by atoms with Crippen LogP contribution in [0.25, 0.3) is 0 Å². The molecule has 2 heterocycles. The summed E-state index contributed by atoms with van der Waals surface area (Å²) >= 11 is 7.26. The number of aromatic nitrogens is 3. The smallest absolute Gasteiger partial charge is 0.233 e. The van der Waals surface area contributed by atoms with Gasteiger partial charge < -0.3 is 9.64 Å². The van der Waals surface area contributed by atoms with Gasteiger partial charge >= 0.3 is 0 Å². The third-order valence-electron chi connectivity index (χ3n) is 5.59. The first-order valence-corrected chi connectivity index (χ1v) is 11.3. The Kier molecular flexibility index (Phi) is 6.42. The number of piperidine rings is 1. The number of benzene rings is 1. The topological polar surface area (TPSA) is 71.1 Å². The number of amides is 1. The molecule has 4 rings (SSSR count). The van der Waals surface area contributed by atoms with E-state index in [1.54, 1.807) is 12.1 Å². The maximum absolute atomic E-state index is 12.8. The van der Waals surface area contributed by atoms with Crippen molar-refractivity contribution in [2.24, 2.45) is 5.92 Å². The first kappa shape index (κ1) is 19.6. The van der Waals surface area contributed by atoms with E-state index in [0.29, 0.717) is 40.3 Å². The van der Waals surface area contributed by atoms with Gasteiger partial charge in [0.05, 0.1) is 5.75 Å². The van der Waals surface area contributed by atoms with E-state index in [0.717, 1.165) is 25.1 Å². The fourth-order valence-corrected chi connectivity index (χ4v) is 5.06. The van der Waals surface area contributed by atoms with Crippen LogP contribution in [0, 0.1) is 5.92 Å². The van der Waals surface area contributed by atoms with E-state index < -0.39 is 0 Å². The number of ether oxygens (including phenoxy) is 1. The maximum Gasteiger partial charge on any atom is 0.233 e. The van der Waals surface area contributed by atoms with Gasteiger partial charge in [-0.3, -0.25) is 9.89 Å². The van der Waals surface area contributed by atoms with Crippen LogP contribution < -0.4 is 4.74 Å². The number of halogens is 1. The molecule has 0 radical (unpaired) electrons. The highest BCUT2D eigenvalue weighted by Gasteiger charge is 2.35. The van der Waals surface area contributed by atoms with Crippen LogP contribution in [0.2, 0.25) is 5.02 Å².